The molecule has 0 fully saturated rings. The highest BCUT2D eigenvalue weighted by atomic mass is 79.9. The molecule has 0 radical (unpaired) electrons. The predicted octanol–water partition coefficient (Wildman–Crippen LogP) is 4.73. The van der Waals surface area contributed by atoms with Crippen molar-refractivity contribution in [1.82, 2.24) is 5.32 Å². The molecule has 1 heterocycles. The molecular formula is C14H14BrClFNO. The van der Waals surface area contributed by atoms with Crippen molar-refractivity contribution in [2.24, 2.45) is 0 Å². The second kappa shape index (κ2) is 6.55. The number of nitrogens with one attached hydrogen (secondary N) is 1. The third kappa shape index (κ3) is 3.59. The highest BCUT2D eigenvalue weighted by molar-refractivity contribution is 9.10. The molecular weight excluding hydrogens is 333 g/mol. The van der Waals surface area contributed by atoms with Gasteiger partial charge in [-0.05, 0) is 52.7 Å². The Morgan fingerprint density at radius 3 is 2.79 bits per heavy atom. The van der Waals surface area contributed by atoms with E-state index in [1.807, 2.05) is 13.0 Å². The van der Waals surface area contributed by atoms with Crippen molar-refractivity contribution in [3.63, 3.8) is 0 Å². The van der Waals surface area contributed by atoms with Crippen LogP contribution in [0.3, 0.4) is 0 Å². The Labute approximate surface area is 125 Å². The molecule has 0 aliphatic carbocycles. The summed E-state index contributed by atoms with van der Waals surface area (Å²) in [5, 5.41) is 3.53. The summed E-state index contributed by atoms with van der Waals surface area (Å²) < 4.78 is 19.1. The normalized spacial score (nSPS) is 12.6. The molecule has 0 saturated heterocycles. The van der Waals surface area contributed by atoms with E-state index < -0.39 is 5.82 Å². The van der Waals surface area contributed by atoms with Gasteiger partial charge < -0.3 is 9.73 Å². The van der Waals surface area contributed by atoms with Crippen LogP contribution in [0.5, 0.6) is 0 Å². The van der Waals surface area contributed by atoms with Gasteiger partial charge in [0.1, 0.15) is 5.82 Å². The van der Waals surface area contributed by atoms with Crippen LogP contribution in [0.4, 0.5) is 4.39 Å². The number of rotatable bonds is 5. The minimum atomic E-state index is -0.394. The molecule has 0 saturated carbocycles. The number of likely N-dealkylation sites (N-methyl/N-ethyl adjacent to an activating group) is 1. The summed E-state index contributed by atoms with van der Waals surface area (Å²) in [5.41, 5.74) is 2.02. The van der Waals surface area contributed by atoms with E-state index in [2.05, 4.69) is 21.2 Å². The summed E-state index contributed by atoms with van der Waals surface area (Å²) in [6.45, 7) is 2.87. The summed E-state index contributed by atoms with van der Waals surface area (Å²) in [5.74, 6) is -0.394. The van der Waals surface area contributed by atoms with Gasteiger partial charge in [0.2, 0.25) is 0 Å². The third-order valence-corrected chi connectivity index (χ3v) is 3.83. The van der Waals surface area contributed by atoms with Crippen molar-refractivity contribution in [1.29, 1.82) is 0 Å². The van der Waals surface area contributed by atoms with Gasteiger partial charge in [-0.15, -0.1) is 0 Å². The van der Waals surface area contributed by atoms with E-state index in [1.165, 1.54) is 6.07 Å². The lowest BCUT2D eigenvalue weighted by Crippen LogP contribution is -2.22. The molecule has 1 atom stereocenters. The van der Waals surface area contributed by atoms with Crippen LogP contribution in [-0.4, -0.2) is 6.54 Å². The van der Waals surface area contributed by atoms with Crippen LogP contribution in [0.2, 0.25) is 5.02 Å². The van der Waals surface area contributed by atoms with E-state index in [4.69, 9.17) is 16.0 Å². The maximum atomic E-state index is 13.2. The second-order valence-electron chi connectivity index (χ2n) is 4.21. The molecule has 0 spiro atoms. The van der Waals surface area contributed by atoms with Crippen molar-refractivity contribution in [3.05, 3.63) is 57.2 Å². The zero-order valence-corrected chi connectivity index (χ0v) is 12.8. The monoisotopic (exact) mass is 345 g/mol. The molecule has 1 N–H and O–H groups in total. The summed E-state index contributed by atoms with van der Waals surface area (Å²) in [6, 6.07) is 6.82. The van der Waals surface area contributed by atoms with Crippen LogP contribution in [0.25, 0.3) is 0 Å². The largest absolute Gasteiger partial charge is 0.457 e. The number of furan rings is 1. The number of hydrogen-bond donors (Lipinski definition) is 1. The van der Waals surface area contributed by atoms with Crippen LogP contribution >= 0.6 is 27.5 Å². The van der Waals surface area contributed by atoms with Gasteiger partial charge >= 0.3 is 0 Å². The van der Waals surface area contributed by atoms with Crippen molar-refractivity contribution >= 4 is 27.5 Å². The molecule has 2 aromatic rings. The van der Waals surface area contributed by atoms with Gasteiger partial charge in [0.25, 0.3) is 0 Å². The Morgan fingerprint density at radius 2 is 2.21 bits per heavy atom. The lowest BCUT2D eigenvalue weighted by molar-refractivity contribution is 0.506. The Kier molecular flexibility index (Phi) is 5.02. The van der Waals surface area contributed by atoms with Crippen molar-refractivity contribution < 1.29 is 8.81 Å². The first kappa shape index (κ1) is 14.6. The van der Waals surface area contributed by atoms with Crippen LogP contribution in [0, 0.1) is 5.82 Å². The van der Waals surface area contributed by atoms with Gasteiger partial charge in [-0.25, -0.2) is 4.39 Å². The zero-order chi connectivity index (χ0) is 13.8. The Bertz CT molecular complexity index is 558. The molecule has 5 heteroatoms. The molecule has 102 valence electrons. The first-order valence-electron chi connectivity index (χ1n) is 6.02. The Balaban J connectivity index is 2.21. The molecule has 19 heavy (non-hydrogen) atoms. The summed E-state index contributed by atoms with van der Waals surface area (Å²) in [4.78, 5) is 0. The molecule has 1 aromatic heterocycles. The molecule has 0 aliphatic heterocycles. The lowest BCUT2D eigenvalue weighted by Gasteiger charge is -2.17. The molecule has 1 unspecified atom stereocenters. The van der Waals surface area contributed by atoms with Crippen LogP contribution in [0.15, 0.2) is 39.6 Å². The second-order valence-corrected chi connectivity index (χ2v) is 5.34. The van der Waals surface area contributed by atoms with Crippen LogP contribution < -0.4 is 5.32 Å². The maximum absolute atomic E-state index is 13.2. The number of benzene rings is 1. The van der Waals surface area contributed by atoms with Gasteiger partial charge in [-0.3, -0.25) is 0 Å². The first-order valence-corrected chi connectivity index (χ1v) is 7.19. The molecule has 0 amide bonds. The van der Waals surface area contributed by atoms with Crippen molar-refractivity contribution in [3.8, 4) is 0 Å². The number of hydrogen-bond acceptors (Lipinski definition) is 2. The van der Waals surface area contributed by atoms with Gasteiger partial charge in [0.05, 0.1) is 11.3 Å². The fraction of sp³-hybridized carbons (Fsp3) is 0.286. The zero-order valence-electron chi connectivity index (χ0n) is 10.4. The SMILES string of the molecule is CCNC(Cc1ccc(F)c(Cl)c1)c1ccoc1Br. The fourth-order valence-electron chi connectivity index (χ4n) is 1.99. The lowest BCUT2D eigenvalue weighted by atomic mass is 10.0. The summed E-state index contributed by atoms with van der Waals surface area (Å²) >= 11 is 9.19. The Morgan fingerprint density at radius 1 is 1.42 bits per heavy atom. The van der Waals surface area contributed by atoms with Crippen molar-refractivity contribution in [2.75, 3.05) is 6.54 Å². The molecule has 0 aliphatic rings. The standard InChI is InChI=1S/C14H14BrClFNO/c1-2-18-13(10-5-6-19-14(10)15)8-9-3-4-12(17)11(16)7-9/h3-7,13,18H,2,8H2,1H3. The van der Waals surface area contributed by atoms with Gasteiger partial charge in [-0.1, -0.05) is 24.6 Å². The number of halogens is 3. The smallest absolute Gasteiger partial charge is 0.173 e. The average molecular weight is 347 g/mol. The average Bonchev–Trinajstić information content (AvgIpc) is 2.79. The highest BCUT2D eigenvalue weighted by Crippen LogP contribution is 2.28. The highest BCUT2D eigenvalue weighted by Gasteiger charge is 2.16. The molecule has 2 rings (SSSR count). The van der Waals surface area contributed by atoms with E-state index in [-0.39, 0.29) is 11.1 Å². The summed E-state index contributed by atoms with van der Waals surface area (Å²) in [6.07, 6.45) is 2.35. The molecule has 0 bridgehead atoms. The molecule has 1 aromatic carbocycles. The van der Waals surface area contributed by atoms with E-state index in [0.717, 1.165) is 17.7 Å². The maximum Gasteiger partial charge on any atom is 0.173 e. The van der Waals surface area contributed by atoms with Crippen LogP contribution in [0.1, 0.15) is 24.1 Å². The van der Waals surface area contributed by atoms with Gasteiger partial charge in [0.15, 0.2) is 4.67 Å². The minimum absolute atomic E-state index is 0.0969. The minimum Gasteiger partial charge on any atom is -0.457 e. The first-order chi connectivity index (χ1) is 9.11. The molecule has 2 nitrogen and oxygen atoms in total. The third-order valence-electron chi connectivity index (χ3n) is 2.90. The fourth-order valence-corrected chi connectivity index (χ4v) is 2.71. The van der Waals surface area contributed by atoms with E-state index in [9.17, 15) is 4.39 Å². The topological polar surface area (TPSA) is 25.2 Å². The predicted molar refractivity (Wildman–Crippen MR) is 77.9 cm³/mol. The van der Waals surface area contributed by atoms with E-state index in [0.29, 0.717) is 11.1 Å². The van der Waals surface area contributed by atoms with E-state index in [1.54, 1.807) is 18.4 Å². The van der Waals surface area contributed by atoms with Gasteiger partial charge in [0, 0.05) is 11.6 Å². The quantitative estimate of drug-likeness (QED) is 0.847. The van der Waals surface area contributed by atoms with Gasteiger partial charge in [-0.2, -0.15) is 0 Å². The summed E-state index contributed by atoms with van der Waals surface area (Å²) in [7, 11) is 0. The Hall–Kier alpha value is -0.840. The van der Waals surface area contributed by atoms with E-state index >= 15 is 0 Å². The van der Waals surface area contributed by atoms with Crippen molar-refractivity contribution in [2.45, 2.75) is 19.4 Å². The van der Waals surface area contributed by atoms with Crippen LogP contribution in [-0.2, 0) is 6.42 Å².